The number of pyridine rings is 1. The van der Waals surface area contributed by atoms with Gasteiger partial charge in [0.05, 0.1) is 28.3 Å². The second kappa shape index (κ2) is 7.54. The van der Waals surface area contributed by atoms with Crippen LogP contribution in [-0.4, -0.2) is 22.2 Å². The van der Waals surface area contributed by atoms with E-state index in [-0.39, 0.29) is 12.0 Å². The van der Waals surface area contributed by atoms with Crippen LogP contribution < -0.4 is 10.5 Å². The van der Waals surface area contributed by atoms with Crippen molar-refractivity contribution in [3.63, 3.8) is 0 Å². The summed E-state index contributed by atoms with van der Waals surface area (Å²) in [5, 5.41) is 9.21. The topological polar surface area (TPSA) is 85.4 Å². The lowest BCUT2D eigenvalue weighted by atomic mass is 9.87. The monoisotopic (exact) mass is 360 g/mol. The minimum absolute atomic E-state index is 0.0511. The summed E-state index contributed by atoms with van der Waals surface area (Å²) in [4.78, 5) is 18.2. The fourth-order valence-electron chi connectivity index (χ4n) is 3.39. The molecule has 1 fully saturated rings. The van der Waals surface area contributed by atoms with Crippen LogP contribution in [0.1, 0.15) is 41.8 Å². The molecule has 0 radical (unpaired) electrons. The van der Waals surface area contributed by atoms with Gasteiger partial charge < -0.3 is 15.6 Å². The van der Waals surface area contributed by atoms with E-state index < -0.39 is 5.97 Å². The summed E-state index contributed by atoms with van der Waals surface area (Å²) in [6, 6.07) is 6.01. The lowest BCUT2D eigenvalue weighted by Gasteiger charge is -2.27. The third-order valence-electron chi connectivity index (χ3n) is 4.69. The summed E-state index contributed by atoms with van der Waals surface area (Å²) in [6.45, 7) is 4.50. The Morgan fingerprint density at radius 3 is 2.88 bits per heavy atom. The van der Waals surface area contributed by atoms with Gasteiger partial charge in [0, 0.05) is 11.4 Å². The van der Waals surface area contributed by atoms with Gasteiger partial charge in [-0.25, -0.2) is 4.98 Å². The number of aryl methyl sites for hydroxylation is 2. The van der Waals surface area contributed by atoms with Crippen molar-refractivity contribution in [2.24, 2.45) is 11.7 Å². The molecule has 3 rings (SSSR count). The Morgan fingerprint density at radius 1 is 1.40 bits per heavy atom. The molecular formula is C19H24N2O3S. The maximum atomic E-state index is 11.2. The SMILES string of the molecule is Cc1cc(CN)c(-c2ccc(O[C@H]3CCC[C@H](C(=O)O)C3)c(C)n2)s1. The first-order valence-corrected chi connectivity index (χ1v) is 9.46. The molecule has 0 amide bonds. The minimum Gasteiger partial charge on any atom is -0.489 e. The third-order valence-corrected chi connectivity index (χ3v) is 5.81. The van der Waals surface area contributed by atoms with E-state index >= 15 is 0 Å². The fourth-order valence-corrected chi connectivity index (χ4v) is 4.41. The van der Waals surface area contributed by atoms with Crippen molar-refractivity contribution < 1.29 is 14.6 Å². The van der Waals surface area contributed by atoms with Gasteiger partial charge in [-0.3, -0.25) is 4.79 Å². The number of nitrogens with two attached hydrogens (primary N) is 1. The van der Waals surface area contributed by atoms with Crippen molar-refractivity contribution in [2.75, 3.05) is 0 Å². The molecular weight excluding hydrogens is 336 g/mol. The van der Waals surface area contributed by atoms with Crippen LogP contribution in [0, 0.1) is 19.8 Å². The number of ether oxygens (including phenoxy) is 1. The van der Waals surface area contributed by atoms with Crippen LogP contribution in [0.3, 0.4) is 0 Å². The maximum absolute atomic E-state index is 11.2. The zero-order chi connectivity index (χ0) is 18.0. The molecule has 1 saturated carbocycles. The van der Waals surface area contributed by atoms with Gasteiger partial charge in [-0.05, 0) is 63.3 Å². The largest absolute Gasteiger partial charge is 0.489 e. The highest BCUT2D eigenvalue weighted by atomic mass is 32.1. The fraction of sp³-hybridized carbons (Fsp3) is 0.474. The molecule has 0 unspecified atom stereocenters. The average Bonchev–Trinajstić information content (AvgIpc) is 2.98. The van der Waals surface area contributed by atoms with E-state index in [9.17, 15) is 9.90 Å². The number of aromatic nitrogens is 1. The second-order valence-electron chi connectivity index (χ2n) is 6.64. The second-order valence-corrected chi connectivity index (χ2v) is 7.89. The quantitative estimate of drug-likeness (QED) is 0.844. The molecule has 2 aromatic rings. The highest BCUT2D eigenvalue weighted by Gasteiger charge is 2.28. The average molecular weight is 360 g/mol. The molecule has 0 spiro atoms. The van der Waals surface area contributed by atoms with E-state index in [1.807, 2.05) is 19.1 Å². The number of hydrogen-bond acceptors (Lipinski definition) is 5. The highest BCUT2D eigenvalue weighted by molar-refractivity contribution is 7.15. The molecule has 0 aromatic carbocycles. The molecule has 0 bridgehead atoms. The van der Waals surface area contributed by atoms with E-state index in [2.05, 4.69) is 13.0 Å². The summed E-state index contributed by atoms with van der Waals surface area (Å²) in [5.41, 5.74) is 8.68. The standard InChI is InChI=1S/C19H24N2O3S/c1-11-8-14(10-20)18(25-11)16-6-7-17(12(2)21-16)24-15-5-3-4-13(9-15)19(22)23/h6-8,13,15H,3-5,9-10,20H2,1-2H3,(H,22,23)/t13-,15-/m0/s1. The molecule has 5 nitrogen and oxygen atoms in total. The number of aliphatic carboxylic acids is 1. The van der Waals surface area contributed by atoms with E-state index in [1.165, 1.54) is 4.88 Å². The van der Waals surface area contributed by atoms with Crippen molar-refractivity contribution >= 4 is 17.3 Å². The van der Waals surface area contributed by atoms with Crippen LogP contribution in [0.4, 0.5) is 0 Å². The van der Waals surface area contributed by atoms with Gasteiger partial charge in [-0.15, -0.1) is 11.3 Å². The first-order valence-electron chi connectivity index (χ1n) is 8.64. The predicted octanol–water partition coefficient (Wildman–Crippen LogP) is 3.91. The number of carboxylic acid groups (broad SMARTS) is 1. The molecule has 1 aliphatic rings. The molecule has 2 heterocycles. The van der Waals surface area contributed by atoms with Crippen LogP contribution in [-0.2, 0) is 11.3 Å². The van der Waals surface area contributed by atoms with Gasteiger partial charge in [-0.2, -0.15) is 0 Å². The van der Waals surface area contributed by atoms with E-state index in [0.717, 1.165) is 46.8 Å². The number of nitrogens with zero attached hydrogens (tertiary/aromatic N) is 1. The number of carboxylic acids is 1. The van der Waals surface area contributed by atoms with Crippen molar-refractivity contribution in [3.05, 3.63) is 34.3 Å². The molecule has 0 aliphatic heterocycles. The van der Waals surface area contributed by atoms with E-state index in [0.29, 0.717) is 13.0 Å². The third kappa shape index (κ3) is 4.02. The van der Waals surface area contributed by atoms with Crippen LogP contribution in [0.2, 0.25) is 0 Å². The Bertz CT molecular complexity index is 772. The van der Waals surface area contributed by atoms with Gasteiger partial charge >= 0.3 is 5.97 Å². The Morgan fingerprint density at radius 2 is 2.20 bits per heavy atom. The summed E-state index contributed by atoms with van der Waals surface area (Å²) in [7, 11) is 0. The van der Waals surface area contributed by atoms with Crippen LogP contribution in [0.25, 0.3) is 10.6 Å². The number of hydrogen-bond donors (Lipinski definition) is 2. The van der Waals surface area contributed by atoms with Crippen LogP contribution in [0.5, 0.6) is 5.75 Å². The Labute approximate surface area is 151 Å². The minimum atomic E-state index is -0.721. The summed E-state index contributed by atoms with van der Waals surface area (Å²) >= 11 is 1.70. The Kier molecular flexibility index (Phi) is 5.39. The smallest absolute Gasteiger partial charge is 0.306 e. The first-order chi connectivity index (χ1) is 12.0. The number of carbonyl (C=O) groups is 1. The molecule has 134 valence electrons. The summed E-state index contributed by atoms with van der Waals surface area (Å²) < 4.78 is 6.07. The lowest BCUT2D eigenvalue weighted by Crippen LogP contribution is -2.29. The van der Waals surface area contributed by atoms with Gasteiger partial charge in [-0.1, -0.05) is 0 Å². The predicted molar refractivity (Wildman–Crippen MR) is 98.9 cm³/mol. The molecule has 3 N–H and O–H groups in total. The maximum Gasteiger partial charge on any atom is 0.306 e. The number of thiophene rings is 1. The molecule has 2 aromatic heterocycles. The normalized spacial score (nSPS) is 20.4. The van der Waals surface area contributed by atoms with Crippen LogP contribution in [0.15, 0.2) is 18.2 Å². The van der Waals surface area contributed by atoms with E-state index in [1.54, 1.807) is 11.3 Å². The van der Waals surface area contributed by atoms with Crippen molar-refractivity contribution in [1.82, 2.24) is 4.98 Å². The molecule has 6 heteroatoms. The highest BCUT2D eigenvalue weighted by Crippen LogP contribution is 2.34. The summed E-state index contributed by atoms with van der Waals surface area (Å²) in [5.74, 6) is -0.282. The van der Waals surface area contributed by atoms with Crippen molar-refractivity contribution in [3.8, 4) is 16.3 Å². The lowest BCUT2D eigenvalue weighted by molar-refractivity contribution is -0.143. The van der Waals surface area contributed by atoms with Gasteiger partial charge in [0.1, 0.15) is 5.75 Å². The van der Waals surface area contributed by atoms with Gasteiger partial charge in [0.15, 0.2) is 0 Å². The van der Waals surface area contributed by atoms with E-state index in [4.69, 9.17) is 15.5 Å². The zero-order valence-corrected chi connectivity index (χ0v) is 15.4. The number of rotatable bonds is 5. The van der Waals surface area contributed by atoms with Crippen molar-refractivity contribution in [2.45, 2.75) is 52.2 Å². The van der Waals surface area contributed by atoms with Gasteiger partial charge in [0.25, 0.3) is 0 Å². The Balaban J connectivity index is 1.77. The summed E-state index contributed by atoms with van der Waals surface area (Å²) in [6.07, 6.45) is 3.04. The van der Waals surface area contributed by atoms with Crippen LogP contribution >= 0.6 is 11.3 Å². The molecule has 1 aliphatic carbocycles. The van der Waals surface area contributed by atoms with Crippen molar-refractivity contribution in [1.29, 1.82) is 0 Å². The molecule has 25 heavy (non-hydrogen) atoms. The zero-order valence-electron chi connectivity index (χ0n) is 14.6. The molecule has 2 atom stereocenters. The first kappa shape index (κ1) is 17.9. The Hall–Kier alpha value is -1.92. The molecule has 0 saturated heterocycles. The van der Waals surface area contributed by atoms with Gasteiger partial charge in [0.2, 0.25) is 0 Å².